The number of hydrogen-bond donors (Lipinski definition) is 3. The van der Waals surface area contributed by atoms with Crippen LogP contribution in [0.3, 0.4) is 0 Å². The van der Waals surface area contributed by atoms with E-state index in [0.29, 0.717) is 34.5 Å². The summed E-state index contributed by atoms with van der Waals surface area (Å²) in [5.41, 5.74) is 9.62. The second kappa shape index (κ2) is 8.31. The van der Waals surface area contributed by atoms with Crippen LogP contribution >= 0.6 is 11.8 Å². The largest absolute Gasteiger partial charge is 0.507 e. The van der Waals surface area contributed by atoms with Gasteiger partial charge in [0.15, 0.2) is 5.82 Å². The summed E-state index contributed by atoms with van der Waals surface area (Å²) in [7, 11) is 0. The molecule has 3 aromatic rings. The summed E-state index contributed by atoms with van der Waals surface area (Å²) >= 11 is 1.58. The zero-order valence-corrected chi connectivity index (χ0v) is 16.7. The van der Waals surface area contributed by atoms with Gasteiger partial charge in [0.25, 0.3) is 5.91 Å². The maximum Gasteiger partial charge on any atom is 0.253 e. The van der Waals surface area contributed by atoms with Gasteiger partial charge in [0, 0.05) is 28.1 Å². The molecule has 1 amide bonds. The minimum Gasteiger partial charge on any atom is -0.507 e. The number of nitrogens with zero attached hydrogens (tertiary/aromatic N) is 2. The van der Waals surface area contributed by atoms with Crippen LogP contribution in [0.15, 0.2) is 65.6 Å². The number of hydrogen-bond acceptors (Lipinski definition) is 6. The number of rotatable bonds is 4. The van der Waals surface area contributed by atoms with E-state index in [1.807, 2.05) is 11.5 Å². The molecule has 6 nitrogen and oxygen atoms in total. The zero-order valence-electron chi connectivity index (χ0n) is 15.9. The summed E-state index contributed by atoms with van der Waals surface area (Å²) in [4.78, 5) is 17.2. The number of phenolic OH excluding ortho intramolecular Hbond substituents is 1. The number of nitrogens with one attached hydrogen (secondary N) is 1. The molecule has 4 N–H and O–H groups in total. The molecule has 0 radical (unpaired) electrons. The first-order valence-corrected chi connectivity index (χ1v) is 10.3. The van der Waals surface area contributed by atoms with Crippen LogP contribution in [0, 0.1) is 11.3 Å². The van der Waals surface area contributed by atoms with E-state index in [1.54, 1.807) is 60.3 Å². The smallest absolute Gasteiger partial charge is 0.253 e. The van der Waals surface area contributed by atoms with E-state index < -0.39 is 0 Å². The highest BCUT2D eigenvalue weighted by atomic mass is 32.2. The minimum absolute atomic E-state index is 0.0559. The number of para-hydroxylation sites is 1. The van der Waals surface area contributed by atoms with Gasteiger partial charge in [-0.05, 0) is 47.7 Å². The lowest BCUT2D eigenvalue weighted by Crippen LogP contribution is -2.16. The number of pyridine rings is 1. The van der Waals surface area contributed by atoms with Crippen molar-refractivity contribution in [3.8, 4) is 34.2 Å². The minimum atomic E-state index is -0.281. The molecule has 0 unspecified atom stereocenters. The third kappa shape index (κ3) is 3.86. The van der Waals surface area contributed by atoms with Crippen LogP contribution in [0.25, 0.3) is 22.4 Å². The lowest BCUT2D eigenvalue weighted by Gasteiger charge is -2.14. The highest BCUT2D eigenvalue weighted by Gasteiger charge is 2.21. The topological polar surface area (TPSA) is 112 Å². The van der Waals surface area contributed by atoms with Gasteiger partial charge in [0.2, 0.25) is 0 Å². The lowest BCUT2D eigenvalue weighted by atomic mass is 9.97. The molecule has 1 aromatic heterocycles. The van der Waals surface area contributed by atoms with Crippen LogP contribution in [-0.2, 0) is 4.79 Å². The number of thioether (sulfide) groups is 1. The van der Waals surface area contributed by atoms with E-state index in [1.165, 1.54) is 0 Å². The van der Waals surface area contributed by atoms with E-state index in [4.69, 9.17) is 5.73 Å². The first kappa shape index (κ1) is 19.6. The van der Waals surface area contributed by atoms with Gasteiger partial charge in [0.1, 0.15) is 17.4 Å². The predicted molar refractivity (Wildman–Crippen MR) is 120 cm³/mol. The van der Waals surface area contributed by atoms with Crippen molar-refractivity contribution in [1.82, 2.24) is 4.98 Å². The quantitative estimate of drug-likeness (QED) is 0.541. The Morgan fingerprint density at radius 3 is 2.70 bits per heavy atom. The first-order valence-electron chi connectivity index (χ1n) is 9.28. The van der Waals surface area contributed by atoms with Crippen molar-refractivity contribution in [1.29, 1.82) is 5.26 Å². The second-order valence-electron chi connectivity index (χ2n) is 6.75. The monoisotopic (exact) mass is 414 g/mol. The number of carbonyl (C=O) groups excluding carboxylic acids is 1. The molecule has 7 heteroatoms. The number of anilines is 2. The number of benzene rings is 2. The standard InChI is InChI=1S/C23H18N4O2S/c24-12-19-18(14-4-3-5-16(25)10-14)11-20(17-6-1-2-7-21(17)28)26-22(19)27-23(29)15-8-9-30-13-15/h1-7,10-11,13,28H,8-9,25H2,(H,26,27,29). The van der Waals surface area contributed by atoms with E-state index in [0.717, 1.165) is 11.3 Å². The third-order valence-corrected chi connectivity index (χ3v) is 5.64. The summed E-state index contributed by atoms with van der Waals surface area (Å²) in [5.74, 6) is 0.782. The van der Waals surface area contributed by atoms with E-state index >= 15 is 0 Å². The fraction of sp³-hybridized carbons (Fsp3) is 0.0870. The van der Waals surface area contributed by atoms with Crippen LogP contribution in [-0.4, -0.2) is 21.8 Å². The Morgan fingerprint density at radius 2 is 2.00 bits per heavy atom. The molecule has 1 aliphatic heterocycles. The number of nitrogen functional groups attached to an aromatic ring is 1. The van der Waals surface area contributed by atoms with Gasteiger partial charge in [0.05, 0.1) is 5.69 Å². The third-order valence-electron chi connectivity index (χ3n) is 4.75. The molecule has 0 saturated heterocycles. The Hall–Kier alpha value is -3.76. The SMILES string of the molecule is N#Cc1c(-c2cccc(N)c2)cc(-c2ccccc2O)nc1NC(=O)C1=CSCC1. The molecule has 148 valence electrons. The Labute approximate surface area is 178 Å². The first-order chi connectivity index (χ1) is 14.6. The molecule has 0 aliphatic carbocycles. The molecule has 2 heterocycles. The van der Waals surface area contributed by atoms with Gasteiger partial charge in [-0.15, -0.1) is 11.8 Å². The molecular weight excluding hydrogens is 396 g/mol. The van der Waals surface area contributed by atoms with Crippen molar-refractivity contribution in [2.45, 2.75) is 6.42 Å². The molecule has 30 heavy (non-hydrogen) atoms. The molecule has 0 atom stereocenters. The fourth-order valence-electron chi connectivity index (χ4n) is 3.25. The number of phenols is 1. The van der Waals surface area contributed by atoms with Crippen LogP contribution < -0.4 is 11.1 Å². The molecule has 0 saturated carbocycles. The Bertz CT molecular complexity index is 1210. The fourth-order valence-corrected chi connectivity index (χ4v) is 4.13. The van der Waals surface area contributed by atoms with Gasteiger partial charge in [-0.3, -0.25) is 4.79 Å². The van der Waals surface area contributed by atoms with Crippen molar-refractivity contribution in [2.24, 2.45) is 0 Å². The number of carbonyl (C=O) groups is 1. The average Bonchev–Trinajstić information content (AvgIpc) is 3.29. The molecule has 0 spiro atoms. The van der Waals surface area contributed by atoms with Crippen molar-refractivity contribution in [2.75, 3.05) is 16.8 Å². The number of aromatic hydroxyl groups is 1. The maximum atomic E-state index is 12.7. The normalized spacial score (nSPS) is 12.8. The predicted octanol–water partition coefficient (Wildman–Crippen LogP) is 4.53. The number of nitrogens with two attached hydrogens (primary N) is 1. The second-order valence-corrected chi connectivity index (χ2v) is 7.73. The van der Waals surface area contributed by atoms with E-state index in [2.05, 4.69) is 16.4 Å². The van der Waals surface area contributed by atoms with Gasteiger partial charge >= 0.3 is 0 Å². The van der Waals surface area contributed by atoms with E-state index in [-0.39, 0.29) is 23.0 Å². The summed E-state index contributed by atoms with van der Waals surface area (Å²) in [6, 6.07) is 17.8. The summed E-state index contributed by atoms with van der Waals surface area (Å²) in [5, 5.41) is 24.8. The van der Waals surface area contributed by atoms with Crippen molar-refractivity contribution in [3.05, 3.63) is 71.1 Å². The summed E-state index contributed by atoms with van der Waals surface area (Å²) < 4.78 is 0. The Balaban J connectivity index is 1.90. The lowest BCUT2D eigenvalue weighted by molar-refractivity contribution is -0.112. The summed E-state index contributed by atoms with van der Waals surface area (Å²) in [6.07, 6.45) is 0.666. The molecule has 4 rings (SSSR count). The van der Waals surface area contributed by atoms with Crippen LogP contribution in [0.5, 0.6) is 5.75 Å². The highest BCUT2D eigenvalue weighted by molar-refractivity contribution is 8.02. The van der Waals surface area contributed by atoms with Gasteiger partial charge in [-0.1, -0.05) is 24.3 Å². The molecule has 1 aliphatic rings. The van der Waals surface area contributed by atoms with Crippen molar-refractivity contribution < 1.29 is 9.90 Å². The van der Waals surface area contributed by atoms with Gasteiger partial charge in [-0.2, -0.15) is 5.26 Å². The number of nitriles is 1. The zero-order chi connectivity index (χ0) is 21.1. The Kier molecular flexibility index (Phi) is 5.42. The number of amides is 1. The number of aromatic nitrogens is 1. The van der Waals surface area contributed by atoms with Crippen molar-refractivity contribution in [3.63, 3.8) is 0 Å². The molecule has 0 bridgehead atoms. The molecule has 0 fully saturated rings. The van der Waals surface area contributed by atoms with Crippen molar-refractivity contribution >= 4 is 29.2 Å². The summed E-state index contributed by atoms with van der Waals surface area (Å²) in [6.45, 7) is 0. The molecule has 2 aromatic carbocycles. The van der Waals surface area contributed by atoms with Gasteiger partial charge in [-0.25, -0.2) is 4.98 Å². The molecular formula is C23H18N4O2S. The van der Waals surface area contributed by atoms with E-state index in [9.17, 15) is 15.2 Å². The van der Waals surface area contributed by atoms with Gasteiger partial charge < -0.3 is 16.2 Å². The van der Waals surface area contributed by atoms with Crippen LogP contribution in [0.4, 0.5) is 11.5 Å². The average molecular weight is 414 g/mol. The van der Waals surface area contributed by atoms with Crippen LogP contribution in [0.2, 0.25) is 0 Å². The van der Waals surface area contributed by atoms with Crippen LogP contribution in [0.1, 0.15) is 12.0 Å². The highest BCUT2D eigenvalue weighted by Crippen LogP contribution is 2.36. The Morgan fingerprint density at radius 1 is 1.17 bits per heavy atom. The maximum absolute atomic E-state index is 12.7.